The molecule has 1 N–H and O–H groups in total. The molecule has 1 rings (SSSR count). The first-order valence-corrected chi connectivity index (χ1v) is 4.82. The molecule has 1 saturated heterocycles. The van der Waals surface area contributed by atoms with Crippen LogP contribution in [0.25, 0.3) is 0 Å². The Morgan fingerprint density at radius 1 is 1.62 bits per heavy atom. The van der Waals surface area contributed by atoms with Gasteiger partial charge in [-0.25, -0.2) is 9.59 Å². The molecule has 0 spiro atoms. The number of esters is 1. The summed E-state index contributed by atoms with van der Waals surface area (Å²) in [4.78, 5) is 34.7. The number of ether oxygens (including phenoxy) is 2. The molecule has 0 saturated carbocycles. The molecule has 0 bridgehead atoms. The lowest BCUT2D eigenvalue weighted by molar-refractivity contribution is -0.139. The van der Waals surface area contributed by atoms with E-state index in [0.717, 1.165) is 4.90 Å². The average Bonchev–Trinajstić information content (AvgIpc) is 2.66. The monoisotopic (exact) mass is 230 g/mol. The minimum absolute atomic E-state index is 0.121. The van der Waals surface area contributed by atoms with E-state index < -0.39 is 18.1 Å². The van der Waals surface area contributed by atoms with E-state index in [1.54, 1.807) is 0 Å². The van der Waals surface area contributed by atoms with E-state index in [-0.39, 0.29) is 25.5 Å². The quantitative estimate of drug-likeness (QED) is 0.658. The van der Waals surface area contributed by atoms with Crippen molar-refractivity contribution in [3.05, 3.63) is 0 Å². The van der Waals surface area contributed by atoms with Crippen LogP contribution in [0.1, 0.15) is 12.8 Å². The van der Waals surface area contributed by atoms with Crippen LogP contribution in [0.15, 0.2) is 0 Å². The molecule has 90 valence electrons. The van der Waals surface area contributed by atoms with Gasteiger partial charge in [0.25, 0.3) is 0 Å². The van der Waals surface area contributed by atoms with Crippen LogP contribution < -0.4 is 5.32 Å². The zero-order valence-corrected chi connectivity index (χ0v) is 9.19. The Balaban J connectivity index is 2.56. The molecular formula is C9H14N2O5. The summed E-state index contributed by atoms with van der Waals surface area (Å²) in [7, 11) is 2.73. The third kappa shape index (κ3) is 2.62. The smallest absolute Gasteiger partial charge is 0.412 e. The minimum Gasteiger partial charge on any atom is -0.453 e. The van der Waals surface area contributed by atoms with Crippen LogP contribution in [0.3, 0.4) is 0 Å². The Hall–Kier alpha value is -1.79. The first kappa shape index (κ1) is 12.3. The first-order valence-electron chi connectivity index (χ1n) is 4.82. The molecule has 0 aromatic rings. The highest BCUT2D eigenvalue weighted by Gasteiger charge is 2.38. The largest absolute Gasteiger partial charge is 0.453 e. The van der Waals surface area contributed by atoms with Crippen molar-refractivity contribution in [3.63, 3.8) is 0 Å². The van der Waals surface area contributed by atoms with Gasteiger partial charge >= 0.3 is 12.1 Å². The maximum absolute atomic E-state index is 11.3. The van der Waals surface area contributed by atoms with Crippen LogP contribution in [0.2, 0.25) is 0 Å². The van der Waals surface area contributed by atoms with Crippen LogP contribution in [-0.4, -0.2) is 49.8 Å². The van der Waals surface area contributed by atoms with Crippen molar-refractivity contribution in [2.75, 3.05) is 20.9 Å². The zero-order valence-electron chi connectivity index (χ0n) is 9.19. The number of methoxy groups -OCH3 is 1. The van der Waals surface area contributed by atoms with Gasteiger partial charge in [0.2, 0.25) is 5.91 Å². The number of nitrogens with one attached hydrogen (secondary N) is 1. The van der Waals surface area contributed by atoms with E-state index in [2.05, 4.69) is 10.1 Å². The average molecular weight is 230 g/mol. The summed E-state index contributed by atoms with van der Waals surface area (Å²) in [6.07, 6.45) is -0.245. The van der Waals surface area contributed by atoms with Crippen molar-refractivity contribution >= 4 is 18.0 Å². The van der Waals surface area contributed by atoms with Crippen LogP contribution >= 0.6 is 0 Å². The minimum atomic E-state index is -0.732. The molecule has 1 atom stereocenters. The second-order valence-electron chi connectivity index (χ2n) is 3.26. The molecule has 1 unspecified atom stereocenters. The fourth-order valence-electron chi connectivity index (χ4n) is 1.41. The molecule has 1 heterocycles. The summed E-state index contributed by atoms with van der Waals surface area (Å²) in [5.74, 6) is -0.696. The van der Waals surface area contributed by atoms with E-state index in [0.29, 0.717) is 0 Å². The Morgan fingerprint density at radius 2 is 2.31 bits per heavy atom. The fourth-order valence-corrected chi connectivity index (χ4v) is 1.41. The fraction of sp³-hybridized carbons (Fsp3) is 0.667. The van der Waals surface area contributed by atoms with Crippen LogP contribution in [0.5, 0.6) is 0 Å². The van der Waals surface area contributed by atoms with Crippen molar-refractivity contribution < 1.29 is 23.9 Å². The molecule has 0 aromatic heterocycles. The van der Waals surface area contributed by atoms with Crippen molar-refractivity contribution in [3.8, 4) is 0 Å². The number of cyclic esters (lactones) is 1. The summed E-state index contributed by atoms with van der Waals surface area (Å²) in [6.45, 7) is -0.121. The van der Waals surface area contributed by atoms with Gasteiger partial charge in [-0.3, -0.25) is 9.69 Å². The lowest BCUT2D eigenvalue weighted by atomic mass is 10.1. The SMILES string of the molecule is CNC(=O)CCC1C(=O)OCN1C(=O)OC. The van der Waals surface area contributed by atoms with Gasteiger partial charge in [-0.05, 0) is 6.42 Å². The van der Waals surface area contributed by atoms with Gasteiger partial charge in [-0.1, -0.05) is 0 Å². The predicted octanol–water partition coefficient (Wildman–Crippen LogP) is -0.536. The summed E-state index contributed by atoms with van der Waals surface area (Å²) < 4.78 is 9.22. The Kier molecular flexibility index (Phi) is 4.10. The predicted molar refractivity (Wildman–Crippen MR) is 52.3 cm³/mol. The molecule has 1 fully saturated rings. The van der Waals surface area contributed by atoms with Crippen molar-refractivity contribution in [2.24, 2.45) is 0 Å². The number of amides is 2. The molecule has 2 amide bonds. The van der Waals surface area contributed by atoms with E-state index >= 15 is 0 Å². The molecule has 0 aliphatic carbocycles. The van der Waals surface area contributed by atoms with Gasteiger partial charge in [0.05, 0.1) is 7.11 Å². The number of hydrogen-bond acceptors (Lipinski definition) is 5. The molecule has 7 nitrogen and oxygen atoms in total. The van der Waals surface area contributed by atoms with E-state index in [4.69, 9.17) is 4.74 Å². The topological polar surface area (TPSA) is 84.9 Å². The van der Waals surface area contributed by atoms with Gasteiger partial charge in [0.15, 0.2) is 6.73 Å². The van der Waals surface area contributed by atoms with Gasteiger partial charge < -0.3 is 14.8 Å². The highest BCUT2D eigenvalue weighted by Crippen LogP contribution is 2.17. The molecule has 1 aliphatic heterocycles. The van der Waals surface area contributed by atoms with Gasteiger partial charge in [0, 0.05) is 13.5 Å². The maximum Gasteiger partial charge on any atom is 0.412 e. The van der Waals surface area contributed by atoms with E-state index in [1.807, 2.05) is 0 Å². The Bertz CT molecular complexity index is 304. The normalized spacial score (nSPS) is 19.2. The maximum atomic E-state index is 11.3. The third-order valence-corrected chi connectivity index (χ3v) is 2.33. The number of hydrogen-bond donors (Lipinski definition) is 1. The molecule has 0 aromatic carbocycles. The van der Waals surface area contributed by atoms with Gasteiger partial charge in [-0.15, -0.1) is 0 Å². The molecule has 0 radical (unpaired) electrons. The second-order valence-corrected chi connectivity index (χ2v) is 3.26. The number of carbonyl (C=O) groups excluding carboxylic acids is 3. The Labute approximate surface area is 92.7 Å². The summed E-state index contributed by atoms with van der Waals surface area (Å²) >= 11 is 0. The zero-order chi connectivity index (χ0) is 12.1. The summed E-state index contributed by atoms with van der Waals surface area (Å²) in [5, 5.41) is 2.44. The number of nitrogens with zero attached hydrogens (tertiary/aromatic N) is 1. The van der Waals surface area contributed by atoms with E-state index in [9.17, 15) is 14.4 Å². The molecule has 1 aliphatic rings. The summed E-state index contributed by atoms with van der Waals surface area (Å²) in [5.41, 5.74) is 0. The second kappa shape index (κ2) is 5.34. The summed E-state index contributed by atoms with van der Waals surface area (Å²) in [6, 6.07) is -0.732. The standard InChI is InChI=1S/C9H14N2O5/c1-10-7(12)4-3-6-8(13)16-5-11(6)9(14)15-2/h6H,3-5H2,1-2H3,(H,10,12). The van der Waals surface area contributed by atoms with Gasteiger partial charge in [0.1, 0.15) is 6.04 Å². The number of carbonyl (C=O) groups is 3. The van der Waals surface area contributed by atoms with Crippen LogP contribution in [0, 0.1) is 0 Å². The third-order valence-electron chi connectivity index (χ3n) is 2.33. The lowest BCUT2D eigenvalue weighted by Crippen LogP contribution is -2.38. The van der Waals surface area contributed by atoms with E-state index in [1.165, 1.54) is 14.2 Å². The van der Waals surface area contributed by atoms with Crippen LogP contribution in [-0.2, 0) is 19.1 Å². The Morgan fingerprint density at radius 3 is 2.88 bits per heavy atom. The van der Waals surface area contributed by atoms with Gasteiger partial charge in [-0.2, -0.15) is 0 Å². The molecule has 16 heavy (non-hydrogen) atoms. The van der Waals surface area contributed by atoms with Crippen molar-refractivity contribution in [1.82, 2.24) is 10.2 Å². The molecule has 7 heteroatoms. The van der Waals surface area contributed by atoms with Crippen molar-refractivity contribution in [1.29, 1.82) is 0 Å². The first-order chi connectivity index (χ1) is 7.60. The number of rotatable bonds is 3. The molecular weight excluding hydrogens is 216 g/mol. The highest BCUT2D eigenvalue weighted by atomic mass is 16.6. The lowest BCUT2D eigenvalue weighted by Gasteiger charge is -2.17. The van der Waals surface area contributed by atoms with Crippen molar-refractivity contribution in [2.45, 2.75) is 18.9 Å². The van der Waals surface area contributed by atoms with Crippen LogP contribution in [0.4, 0.5) is 4.79 Å². The highest BCUT2D eigenvalue weighted by molar-refractivity contribution is 5.84.